The average molecular weight is 440 g/mol. The minimum absolute atomic E-state index is 0.246. The van der Waals surface area contributed by atoms with E-state index in [2.05, 4.69) is 21.8 Å². The third-order valence-corrected chi connectivity index (χ3v) is 7.36. The molecule has 2 aromatic carbocycles. The molecule has 0 aliphatic carbocycles. The third-order valence-electron chi connectivity index (χ3n) is 6.18. The Hall–Kier alpha value is -2.48. The van der Waals surface area contributed by atoms with Gasteiger partial charge in [0.05, 0.1) is 9.71 Å². The van der Waals surface area contributed by atoms with Gasteiger partial charge in [0.25, 0.3) is 0 Å². The Labute approximate surface area is 184 Å². The summed E-state index contributed by atoms with van der Waals surface area (Å²) < 4.78 is 20.8. The molecule has 2 N–H and O–H groups in total. The summed E-state index contributed by atoms with van der Waals surface area (Å²) in [6.45, 7) is 3.91. The number of thiazole rings is 1. The molecule has 0 saturated carbocycles. The van der Waals surface area contributed by atoms with E-state index in [-0.39, 0.29) is 12.4 Å². The number of para-hydroxylation sites is 1. The molecule has 0 spiro atoms. The number of halogens is 1. The van der Waals surface area contributed by atoms with E-state index >= 15 is 0 Å². The van der Waals surface area contributed by atoms with Gasteiger partial charge in [-0.15, -0.1) is 11.3 Å². The normalized spacial score (nSPS) is 21.0. The Bertz CT molecular complexity index is 1190. The maximum Gasteiger partial charge on any atom is 0.150 e. The molecule has 0 radical (unpaired) electrons. The maximum absolute atomic E-state index is 14.0. The smallest absolute Gasteiger partial charge is 0.150 e. The van der Waals surface area contributed by atoms with Crippen molar-refractivity contribution in [1.82, 2.24) is 14.9 Å². The summed E-state index contributed by atoms with van der Waals surface area (Å²) >= 11 is 1.60. The number of nitrogens with zero attached hydrogens (tertiary/aromatic N) is 2. The first-order valence-corrected chi connectivity index (χ1v) is 11.6. The summed E-state index contributed by atoms with van der Waals surface area (Å²) in [5, 5.41) is 12.6. The minimum Gasteiger partial charge on any atom is -0.490 e. The highest BCUT2D eigenvalue weighted by Gasteiger charge is 2.29. The number of ether oxygens (including phenoxy) is 1. The van der Waals surface area contributed by atoms with Crippen LogP contribution in [-0.2, 0) is 0 Å². The van der Waals surface area contributed by atoms with Crippen LogP contribution in [-0.4, -0.2) is 51.8 Å². The zero-order chi connectivity index (χ0) is 21.4. The number of nitrogens with one attached hydrogen (secondary N) is 1. The number of benzene rings is 2. The maximum atomic E-state index is 14.0. The van der Waals surface area contributed by atoms with Crippen molar-refractivity contribution in [1.29, 1.82) is 0 Å². The number of rotatable bonds is 6. The molecule has 2 aromatic heterocycles. The van der Waals surface area contributed by atoms with E-state index in [0.717, 1.165) is 45.7 Å². The third kappa shape index (κ3) is 4.18. The highest BCUT2D eigenvalue weighted by atomic mass is 32.1. The number of aromatic amines is 1. The number of aromatic nitrogens is 2. The first kappa shape index (κ1) is 20.4. The molecular formula is C24H26FN3O2S. The molecule has 1 fully saturated rings. The van der Waals surface area contributed by atoms with Crippen molar-refractivity contribution in [3.8, 4) is 5.75 Å². The standard InChI is InChI=1S/C24H26FN3O2S/c1-15-12-16(24-27-23-19(25)4-2-7-22(23)31-24)9-11-28(15)13-17(29)14-30-21-6-3-5-20-18(21)8-10-26-20/h2-8,10,15-17,26,29H,9,11-14H2,1H3/t15-,16+,17+/m1/s1. The first-order chi connectivity index (χ1) is 15.1. The van der Waals surface area contributed by atoms with Gasteiger partial charge in [-0.3, -0.25) is 4.90 Å². The molecule has 7 heteroatoms. The molecule has 5 rings (SSSR count). The number of likely N-dealkylation sites (tertiary alicyclic amines) is 1. The van der Waals surface area contributed by atoms with Crippen molar-refractivity contribution >= 4 is 32.5 Å². The zero-order valence-corrected chi connectivity index (χ0v) is 18.2. The summed E-state index contributed by atoms with van der Waals surface area (Å²) in [6.07, 6.45) is 3.24. The largest absolute Gasteiger partial charge is 0.490 e. The van der Waals surface area contributed by atoms with Crippen LogP contribution in [0, 0.1) is 5.82 Å². The molecule has 1 aliphatic heterocycles. The second kappa shape index (κ2) is 8.57. The fourth-order valence-corrected chi connectivity index (χ4v) is 5.64. The van der Waals surface area contributed by atoms with E-state index in [4.69, 9.17) is 4.74 Å². The van der Waals surface area contributed by atoms with Gasteiger partial charge < -0.3 is 14.8 Å². The number of hydrogen-bond donors (Lipinski definition) is 2. The second-order valence-corrected chi connectivity index (χ2v) is 9.43. The molecule has 5 nitrogen and oxygen atoms in total. The average Bonchev–Trinajstić information content (AvgIpc) is 3.41. The summed E-state index contributed by atoms with van der Waals surface area (Å²) in [4.78, 5) is 10.1. The monoisotopic (exact) mass is 439 g/mol. The predicted molar refractivity (Wildman–Crippen MR) is 122 cm³/mol. The van der Waals surface area contributed by atoms with Crippen LogP contribution in [0.3, 0.4) is 0 Å². The van der Waals surface area contributed by atoms with Gasteiger partial charge in [0.2, 0.25) is 0 Å². The van der Waals surface area contributed by atoms with Gasteiger partial charge in [0.1, 0.15) is 29.8 Å². The predicted octanol–water partition coefficient (Wildman–Crippen LogP) is 4.92. The van der Waals surface area contributed by atoms with E-state index in [9.17, 15) is 9.50 Å². The van der Waals surface area contributed by atoms with Gasteiger partial charge in [-0.25, -0.2) is 9.37 Å². The van der Waals surface area contributed by atoms with E-state index < -0.39 is 6.10 Å². The van der Waals surface area contributed by atoms with Crippen LogP contribution in [0.25, 0.3) is 21.1 Å². The Morgan fingerprint density at radius 3 is 3.00 bits per heavy atom. The lowest BCUT2D eigenvalue weighted by Crippen LogP contribution is -2.45. The van der Waals surface area contributed by atoms with Crippen LogP contribution in [0.1, 0.15) is 30.7 Å². The highest BCUT2D eigenvalue weighted by Crippen LogP contribution is 2.36. The van der Waals surface area contributed by atoms with E-state index in [1.807, 2.05) is 36.5 Å². The highest BCUT2D eigenvalue weighted by molar-refractivity contribution is 7.18. The first-order valence-electron chi connectivity index (χ1n) is 10.7. The van der Waals surface area contributed by atoms with Crippen molar-refractivity contribution in [2.24, 2.45) is 0 Å². The number of H-pyrrole nitrogens is 1. The van der Waals surface area contributed by atoms with E-state index in [1.54, 1.807) is 17.4 Å². The molecule has 1 saturated heterocycles. The van der Waals surface area contributed by atoms with E-state index in [1.165, 1.54) is 6.07 Å². The molecule has 1 aliphatic rings. The van der Waals surface area contributed by atoms with Gasteiger partial charge in [0.15, 0.2) is 0 Å². The van der Waals surface area contributed by atoms with Crippen molar-refractivity contribution in [2.45, 2.75) is 37.8 Å². The quantitative estimate of drug-likeness (QED) is 0.447. The Balaban J connectivity index is 1.18. The lowest BCUT2D eigenvalue weighted by molar-refractivity contribution is 0.0405. The molecular weight excluding hydrogens is 413 g/mol. The molecule has 3 heterocycles. The van der Waals surface area contributed by atoms with Crippen LogP contribution in [0.5, 0.6) is 5.75 Å². The molecule has 0 amide bonds. The van der Waals surface area contributed by atoms with Gasteiger partial charge >= 0.3 is 0 Å². The molecule has 0 unspecified atom stereocenters. The van der Waals surface area contributed by atoms with E-state index in [0.29, 0.717) is 24.0 Å². The van der Waals surface area contributed by atoms with Gasteiger partial charge in [0, 0.05) is 35.6 Å². The lowest BCUT2D eigenvalue weighted by atomic mass is 9.92. The number of piperidine rings is 1. The topological polar surface area (TPSA) is 61.4 Å². The summed E-state index contributed by atoms with van der Waals surface area (Å²) in [5.41, 5.74) is 1.51. The minimum atomic E-state index is -0.565. The fraction of sp³-hybridized carbons (Fsp3) is 0.375. The lowest BCUT2D eigenvalue weighted by Gasteiger charge is -2.38. The molecule has 4 aromatic rings. The van der Waals surface area contributed by atoms with Crippen LogP contribution in [0.15, 0.2) is 48.7 Å². The number of fused-ring (bicyclic) bond motifs is 2. The number of β-amino-alcohol motifs (C(OH)–C–C–N with tert-alkyl or cyclic N) is 1. The van der Waals surface area contributed by atoms with Crippen molar-refractivity contribution in [3.63, 3.8) is 0 Å². The molecule has 31 heavy (non-hydrogen) atoms. The van der Waals surface area contributed by atoms with Crippen LogP contribution in [0.2, 0.25) is 0 Å². The van der Waals surface area contributed by atoms with Crippen LogP contribution in [0.4, 0.5) is 4.39 Å². The summed E-state index contributed by atoms with van der Waals surface area (Å²) in [5.74, 6) is 0.874. The zero-order valence-electron chi connectivity index (χ0n) is 17.4. The summed E-state index contributed by atoms with van der Waals surface area (Å²) in [7, 11) is 0. The SMILES string of the molecule is C[C@@H]1C[C@@H](c2nc3c(F)cccc3s2)CCN1C[C@H](O)COc1cccc2[nH]ccc12. The Kier molecular flexibility index (Phi) is 5.65. The van der Waals surface area contributed by atoms with Crippen LogP contribution < -0.4 is 4.74 Å². The summed E-state index contributed by atoms with van der Waals surface area (Å²) in [6, 6.07) is 13.3. The Morgan fingerprint density at radius 2 is 2.16 bits per heavy atom. The van der Waals surface area contributed by atoms with Gasteiger partial charge in [-0.1, -0.05) is 12.1 Å². The van der Waals surface area contributed by atoms with Gasteiger partial charge in [-0.05, 0) is 56.6 Å². The number of aliphatic hydroxyl groups excluding tert-OH is 1. The molecule has 0 bridgehead atoms. The second-order valence-electron chi connectivity index (χ2n) is 8.36. The number of aliphatic hydroxyl groups is 1. The van der Waals surface area contributed by atoms with Crippen molar-refractivity contribution in [3.05, 3.63) is 59.5 Å². The van der Waals surface area contributed by atoms with Crippen molar-refractivity contribution < 1.29 is 14.2 Å². The van der Waals surface area contributed by atoms with Crippen LogP contribution >= 0.6 is 11.3 Å². The Morgan fingerprint density at radius 1 is 1.29 bits per heavy atom. The van der Waals surface area contributed by atoms with Crippen molar-refractivity contribution in [2.75, 3.05) is 19.7 Å². The fourth-order valence-electron chi connectivity index (χ4n) is 4.51. The number of hydrogen-bond acceptors (Lipinski definition) is 5. The van der Waals surface area contributed by atoms with Gasteiger partial charge in [-0.2, -0.15) is 0 Å². The molecule has 162 valence electrons. The molecule has 3 atom stereocenters.